The fraction of sp³-hybridized carbons (Fsp3) is 0.400. The van der Waals surface area contributed by atoms with E-state index in [-0.39, 0.29) is 6.04 Å². The largest absolute Gasteiger partial charge is 0.493 e. The van der Waals surface area contributed by atoms with Gasteiger partial charge in [-0.05, 0) is 18.1 Å². The molecule has 0 aromatic heterocycles. The van der Waals surface area contributed by atoms with Gasteiger partial charge in [0.1, 0.15) is 12.4 Å². The van der Waals surface area contributed by atoms with Crippen LogP contribution in [0.4, 0.5) is 0 Å². The summed E-state index contributed by atoms with van der Waals surface area (Å²) >= 11 is 0. The molecule has 0 bridgehead atoms. The molecule has 1 atom stereocenters. The number of methoxy groups -OCH3 is 2. The second-order valence-electron chi connectivity index (χ2n) is 5.77. The molecule has 0 amide bonds. The minimum absolute atomic E-state index is 0.0875. The van der Waals surface area contributed by atoms with E-state index in [4.69, 9.17) is 19.9 Å². The SMILES string of the molecule is CCCC[C@H](N)c1cc(OC)c(OC)cc1OCc1ccccc1. The zero-order valence-corrected chi connectivity index (χ0v) is 14.7. The van der Waals surface area contributed by atoms with Crippen LogP contribution in [0, 0.1) is 0 Å². The van der Waals surface area contributed by atoms with Crippen molar-refractivity contribution in [2.45, 2.75) is 38.8 Å². The van der Waals surface area contributed by atoms with Crippen LogP contribution in [-0.4, -0.2) is 14.2 Å². The molecule has 0 aliphatic rings. The quantitative estimate of drug-likeness (QED) is 0.737. The molecule has 0 unspecified atom stereocenters. The molecule has 4 nitrogen and oxygen atoms in total. The van der Waals surface area contributed by atoms with Gasteiger partial charge < -0.3 is 19.9 Å². The predicted molar refractivity (Wildman–Crippen MR) is 96.8 cm³/mol. The van der Waals surface area contributed by atoms with Crippen LogP contribution < -0.4 is 19.9 Å². The lowest BCUT2D eigenvalue weighted by Gasteiger charge is -2.20. The minimum Gasteiger partial charge on any atom is -0.493 e. The third-order valence-electron chi connectivity index (χ3n) is 4.02. The van der Waals surface area contributed by atoms with E-state index in [0.29, 0.717) is 18.1 Å². The van der Waals surface area contributed by atoms with Gasteiger partial charge in [-0.1, -0.05) is 50.1 Å². The van der Waals surface area contributed by atoms with Gasteiger partial charge in [-0.15, -0.1) is 0 Å². The van der Waals surface area contributed by atoms with Crippen molar-refractivity contribution >= 4 is 0 Å². The monoisotopic (exact) mass is 329 g/mol. The summed E-state index contributed by atoms with van der Waals surface area (Å²) in [5.41, 5.74) is 8.46. The van der Waals surface area contributed by atoms with Gasteiger partial charge in [0.15, 0.2) is 11.5 Å². The normalized spacial score (nSPS) is 11.8. The summed E-state index contributed by atoms with van der Waals surface area (Å²) in [6.45, 7) is 2.65. The number of rotatable bonds is 9. The second kappa shape index (κ2) is 9.18. The molecule has 2 N–H and O–H groups in total. The van der Waals surface area contributed by atoms with E-state index in [9.17, 15) is 0 Å². The van der Waals surface area contributed by atoms with Gasteiger partial charge in [0.25, 0.3) is 0 Å². The van der Waals surface area contributed by atoms with Crippen molar-refractivity contribution in [1.29, 1.82) is 0 Å². The molecule has 130 valence electrons. The lowest BCUT2D eigenvalue weighted by atomic mass is 10.0. The average molecular weight is 329 g/mol. The van der Waals surface area contributed by atoms with Crippen molar-refractivity contribution in [3.05, 3.63) is 53.6 Å². The molecule has 0 heterocycles. The van der Waals surface area contributed by atoms with Crippen molar-refractivity contribution in [1.82, 2.24) is 0 Å². The molecule has 24 heavy (non-hydrogen) atoms. The van der Waals surface area contributed by atoms with Crippen molar-refractivity contribution in [2.75, 3.05) is 14.2 Å². The Balaban J connectivity index is 2.27. The lowest BCUT2D eigenvalue weighted by Crippen LogP contribution is -2.13. The number of hydrogen-bond donors (Lipinski definition) is 1. The Labute approximate surface area is 144 Å². The van der Waals surface area contributed by atoms with Crippen LogP contribution in [0.2, 0.25) is 0 Å². The van der Waals surface area contributed by atoms with Crippen molar-refractivity contribution in [2.24, 2.45) is 5.73 Å². The zero-order chi connectivity index (χ0) is 17.4. The van der Waals surface area contributed by atoms with E-state index in [2.05, 4.69) is 6.92 Å². The van der Waals surface area contributed by atoms with E-state index in [1.165, 1.54) is 0 Å². The summed E-state index contributed by atoms with van der Waals surface area (Å²) in [5, 5.41) is 0. The maximum absolute atomic E-state index is 6.39. The second-order valence-corrected chi connectivity index (χ2v) is 5.77. The first-order chi connectivity index (χ1) is 11.7. The van der Waals surface area contributed by atoms with E-state index in [1.54, 1.807) is 14.2 Å². The number of ether oxygens (including phenoxy) is 3. The molecule has 2 aromatic rings. The zero-order valence-electron chi connectivity index (χ0n) is 14.7. The summed E-state index contributed by atoms with van der Waals surface area (Å²) in [7, 11) is 3.25. The van der Waals surface area contributed by atoms with E-state index < -0.39 is 0 Å². The maximum Gasteiger partial charge on any atom is 0.164 e. The summed E-state index contributed by atoms with van der Waals surface area (Å²) in [6, 6.07) is 13.8. The molecule has 0 spiro atoms. The Bertz CT molecular complexity index is 628. The first-order valence-corrected chi connectivity index (χ1v) is 8.37. The Hall–Kier alpha value is -2.20. The molecule has 2 aromatic carbocycles. The summed E-state index contributed by atoms with van der Waals surface area (Å²) in [4.78, 5) is 0. The Kier molecular flexibility index (Phi) is 6.94. The Morgan fingerprint density at radius 1 is 0.958 bits per heavy atom. The molecular weight excluding hydrogens is 302 g/mol. The molecule has 0 radical (unpaired) electrons. The predicted octanol–water partition coefficient (Wildman–Crippen LogP) is 4.47. The Morgan fingerprint density at radius 3 is 2.25 bits per heavy atom. The molecular formula is C20H27NO3. The summed E-state index contributed by atoms with van der Waals surface area (Å²) < 4.78 is 16.9. The average Bonchev–Trinajstić information content (AvgIpc) is 2.64. The van der Waals surface area contributed by atoms with E-state index in [0.717, 1.165) is 36.1 Å². The van der Waals surface area contributed by atoms with Crippen LogP contribution in [0.15, 0.2) is 42.5 Å². The minimum atomic E-state index is -0.0875. The highest BCUT2D eigenvalue weighted by atomic mass is 16.5. The standard InChI is InChI=1S/C20H27NO3/c1-4-5-11-17(21)16-12-19(22-2)20(23-3)13-18(16)24-14-15-9-7-6-8-10-15/h6-10,12-13,17H,4-5,11,14,21H2,1-3H3/t17-/m0/s1. The number of hydrogen-bond acceptors (Lipinski definition) is 4. The van der Waals surface area contributed by atoms with Gasteiger partial charge in [0, 0.05) is 17.7 Å². The number of nitrogens with two attached hydrogens (primary N) is 1. The molecule has 0 saturated carbocycles. The first kappa shape index (κ1) is 18.1. The Morgan fingerprint density at radius 2 is 1.62 bits per heavy atom. The summed E-state index contributed by atoms with van der Waals surface area (Å²) in [5.74, 6) is 2.07. The van der Waals surface area contributed by atoms with Gasteiger partial charge in [-0.2, -0.15) is 0 Å². The molecule has 0 aliphatic carbocycles. The van der Waals surface area contributed by atoms with Crippen LogP contribution in [0.1, 0.15) is 43.4 Å². The third-order valence-corrected chi connectivity index (χ3v) is 4.02. The molecule has 2 rings (SSSR count). The number of unbranched alkanes of at least 4 members (excludes halogenated alkanes) is 1. The molecule has 0 aliphatic heterocycles. The van der Waals surface area contributed by atoms with E-state index >= 15 is 0 Å². The van der Waals surface area contributed by atoms with Crippen molar-refractivity contribution < 1.29 is 14.2 Å². The molecule has 0 fully saturated rings. The van der Waals surface area contributed by atoms with Crippen molar-refractivity contribution in [3.8, 4) is 17.2 Å². The van der Waals surface area contributed by atoms with Crippen LogP contribution in [-0.2, 0) is 6.61 Å². The van der Waals surface area contributed by atoms with E-state index in [1.807, 2.05) is 42.5 Å². The molecule has 0 saturated heterocycles. The third kappa shape index (κ3) is 4.65. The highest BCUT2D eigenvalue weighted by Crippen LogP contribution is 2.38. The van der Waals surface area contributed by atoms with Crippen LogP contribution in [0.3, 0.4) is 0 Å². The highest BCUT2D eigenvalue weighted by Gasteiger charge is 2.17. The van der Waals surface area contributed by atoms with Gasteiger partial charge in [0.05, 0.1) is 14.2 Å². The van der Waals surface area contributed by atoms with Crippen molar-refractivity contribution in [3.63, 3.8) is 0 Å². The summed E-state index contributed by atoms with van der Waals surface area (Å²) in [6.07, 6.45) is 3.10. The van der Waals surface area contributed by atoms with Gasteiger partial charge in [-0.25, -0.2) is 0 Å². The smallest absolute Gasteiger partial charge is 0.164 e. The van der Waals surface area contributed by atoms with Crippen LogP contribution in [0.25, 0.3) is 0 Å². The number of benzene rings is 2. The topological polar surface area (TPSA) is 53.7 Å². The lowest BCUT2D eigenvalue weighted by molar-refractivity contribution is 0.294. The molecule has 4 heteroatoms. The fourth-order valence-electron chi connectivity index (χ4n) is 2.61. The van der Waals surface area contributed by atoms with Crippen LogP contribution >= 0.6 is 0 Å². The van der Waals surface area contributed by atoms with Gasteiger partial charge in [0.2, 0.25) is 0 Å². The fourth-order valence-corrected chi connectivity index (χ4v) is 2.61. The van der Waals surface area contributed by atoms with Crippen LogP contribution in [0.5, 0.6) is 17.2 Å². The first-order valence-electron chi connectivity index (χ1n) is 8.37. The van der Waals surface area contributed by atoms with Gasteiger partial charge >= 0.3 is 0 Å². The maximum atomic E-state index is 6.39. The highest BCUT2D eigenvalue weighted by molar-refractivity contribution is 5.51. The van der Waals surface area contributed by atoms with Gasteiger partial charge in [-0.3, -0.25) is 0 Å².